The van der Waals surface area contributed by atoms with Crippen LogP contribution in [-0.2, 0) is 4.74 Å². The Bertz CT molecular complexity index is 97.0. The van der Waals surface area contributed by atoms with Gasteiger partial charge in [-0.2, -0.15) is 0 Å². The first-order chi connectivity index (χ1) is 4.22. The quantitative estimate of drug-likeness (QED) is 0.555. The summed E-state index contributed by atoms with van der Waals surface area (Å²) in [6.45, 7) is 2.22. The van der Waals surface area contributed by atoms with E-state index in [-0.39, 0.29) is 6.09 Å². The number of ether oxygens (including phenoxy) is 1. The molecule has 0 saturated carbocycles. The van der Waals surface area contributed by atoms with Gasteiger partial charge in [0.15, 0.2) is 0 Å². The minimum atomic E-state index is -0.287. The number of hydrogen-bond donors (Lipinski definition) is 0. The molecule has 0 spiro atoms. The van der Waals surface area contributed by atoms with Crippen LogP contribution in [0.15, 0.2) is 0 Å². The molecule has 0 fully saturated rings. The molecule has 0 N–H and O–H groups in total. The Hall–Kier alpha value is -0.380. The highest BCUT2D eigenvalue weighted by atomic mass is 32.2. The maximum atomic E-state index is 10.7. The van der Waals surface area contributed by atoms with Gasteiger partial charge in [-0.3, -0.25) is 4.31 Å². The van der Waals surface area contributed by atoms with Crippen LogP contribution in [0.2, 0.25) is 0 Å². The summed E-state index contributed by atoms with van der Waals surface area (Å²) in [4.78, 5) is 10.7. The van der Waals surface area contributed by atoms with E-state index >= 15 is 0 Å². The summed E-state index contributed by atoms with van der Waals surface area (Å²) in [7, 11) is 1.67. The predicted octanol–water partition coefficient (Wildman–Crippen LogP) is 1.35. The molecule has 0 saturated heterocycles. The van der Waals surface area contributed by atoms with Gasteiger partial charge in [0.2, 0.25) is 0 Å². The van der Waals surface area contributed by atoms with Gasteiger partial charge in [0.05, 0.1) is 6.61 Å². The lowest BCUT2D eigenvalue weighted by Crippen LogP contribution is -2.19. The van der Waals surface area contributed by atoms with Gasteiger partial charge in [-0.25, -0.2) is 4.79 Å². The molecule has 0 aliphatic rings. The summed E-state index contributed by atoms with van der Waals surface area (Å²) in [6.07, 6.45) is 1.53. The first kappa shape index (κ1) is 8.62. The van der Waals surface area contributed by atoms with E-state index in [1.165, 1.54) is 16.3 Å². The van der Waals surface area contributed by atoms with Gasteiger partial charge in [0.1, 0.15) is 0 Å². The van der Waals surface area contributed by atoms with Crippen molar-refractivity contribution >= 4 is 18.0 Å². The van der Waals surface area contributed by atoms with Gasteiger partial charge in [0, 0.05) is 13.3 Å². The zero-order valence-corrected chi connectivity index (χ0v) is 6.70. The number of carbonyl (C=O) groups is 1. The first-order valence-electron chi connectivity index (χ1n) is 2.67. The minimum absolute atomic E-state index is 0.287. The fourth-order valence-corrected chi connectivity index (χ4v) is 0.491. The molecule has 0 aromatic heterocycles. The Morgan fingerprint density at radius 1 is 1.78 bits per heavy atom. The largest absolute Gasteiger partial charge is 0.449 e. The fourth-order valence-electron chi connectivity index (χ4n) is 0.289. The second kappa shape index (κ2) is 4.49. The molecule has 54 valence electrons. The van der Waals surface area contributed by atoms with E-state index in [9.17, 15) is 4.79 Å². The number of carbonyl (C=O) groups excluding carboxylic acids is 1. The van der Waals surface area contributed by atoms with Gasteiger partial charge >= 0.3 is 6.09 Å². The topological polar surface area (TPSA) is 29.5 Å². The van der Waals surface area contributed by atoms with Crippen LogP contribution < -0.4 is 0 Å². The standard InChI is InChI=1S/C5H11NO2S/c1-4-8-5(7)6(2)9-3/h4H2,1-3H3. The first-order valence-corrected chi connectivity index (χ1v) is 3.85. The lowest BCUT2D eigenvalue weighted by molar-refractivity contribution is 0.138. The zero-order valence-electron chi connectivity index (χ0n) is 5.88. The third-order valence-corrected chi connectivity index (χ3v) is 1.50. The summed E-state index contributed by atoms with van der Waals surface area (Å²) in [5, 5.41) is 0. The lowest BCUT2D eigenvalue weighted by Gasteiger charge is -2.11. The Morgan fingerprint density at radius 3 is 2.67 bits per heavy atom. The molecule has 0 aliphatic heterocycles. The molecule has 0 aromatic rings. The highest BCUT2D eigenvalue weighted by Gasteiger charge is 2.05. The molecule has 0 aromatic carbocycles. The average molecular weight is 149 g/mol. The van der Waals surface area contributed by atoms with E-state index in [0.717, 1.165) is 0 Å². The van der Waals surface area contributed by atoms with E-state index in [1.807, 2.05) is 6.26 Å². The maximum absolute atomic E-state index is 10.7. The van der Waals surface area contributed by atoms with Crippen molar-refractivity contribution < 1.29 is 9.53 Å². The Kier molecular flexibility index (Phi) is 4.30. The summed E-state index contributed by atoms with van der Waals surface area (Å²) >= 11 is 1.33. The van der Waals surface area contributed by atoms with Crippen LogP contribution in [0.3, 0.4) is 0 Å². The van der Waals surface area contributed by atoms with Crippen molar-refractivity contribution in [3.63, 3.8) is 0 Å². The number of nitrogens with zero attached hydrogens (tertiary/aromatic N) is 1. The second-order valence-corrected chi connectivity index (χ2v) is 2.29. The summed E-state index contributed by atoms with van der Waals surface area (Å²) in [5.41, 5.74) is 0. The smallest absolute Gasteiger partial charge is 0.419 e. The van der Waals surface area contributed by atoms with Crippen molar-refractivity contribution in [2.75, 3.05) is 19.9 Å². The number of amides is 1. The molecule has 0 heterocycles. The van der Waals surface area contributed by atoms with E-state index in [1.54, 1.807) is 14.0 Å². The van der Waals surface area contributed by atoms with Gasteiger partial charge < -0.3 is 4.74 Å². The molecule has 4 heteroatoms. The number of rotatable bonds is 2. The molecular formula is C5H11NO2S. The molecule has 0 radical (unpaired) electrons. The van der Waals surface area contributed by atoms with Crippen molar-refractivity contribution in [3.05, 3.63) is 0 Å². The average Bonchev–Trinajstić information content (AvgIpc) is 1.87. The molecular weight excluding hydrogens is 138 g/mol. The van der Waals surface area contributed by atoms with Crippen molar-refractivity contribution in [1.82, 2.24) is 4.31 Å². The Balaban J connectivity index is 3.46. The van der Waals surface area contributed by atoms with Crippen LogP contribution in [0.5, 0.6) is 0 Å². The molecule has 3 nitrogen and oxygen atoms in total. The van der Waals surface area contributed by atoms with Gasteiger partial charge in [-0.1, -0.05) is 0 Å². The van der Waals surface area contributed by atoms with E-state index in [2.05, 4.69) is 4.74 Å². The number of hydrogen-bond acceptors (Lipinski definition) is 3. The maximum Gasteiger partial charge on any atom is 0.419 e. The van der Waals surface area contributed by atoms with Crippen molar-refractivity contribution in [3.8, 4) is 0 Å². The van der Waals surface area contributed by atoms with Crippen molar-refractivity contribution in [2.24, 2.45) is 0 Å². The minimum Gasteiger partial charge on any atom is -0.449 e. The van der Waals surface area contributed by atoms with E-state index in [0.29, 0.717) is 6.61 Å². The summed E-state index contributed by atoms with van der Waals surface area (Å²) in [5.74, 6) is 0. The van der Waals surface area contributed by atoms with Crippen molar-refractivity contribution in [1.29, 1.82) is 0 Å². The monoisotopic (exact) mass is 149 g/mol. The third-order valence-electron chi connectivity index (χ3n) is 0.799. The van der Waals surface area contributed by atoms with Gasteiger partial charge in [-0.05, 0) is 18.9 Å². The molecule has 0 atom stereocenters. The molecule has 0 rings (SSSR count). The van der Waals surface area contributed by atoms with Crippen LogP contribution in [0.4, 0.5) is 4.79 Å². The summed E-state index contributed by atoms with van der Waals surface area (Å²) < 4.78 is 6.09. The predicted molar refractivity (Wildman–Crippen MR) is 38.3 cm³/mol. The van der Waals surface area contributed by atoms with Crippen LogP contribution in [0.1, 0.15) is 6.92 Å². The van der Waals surface area contributed by atoms with Gasteiger partial charge in [0.25, 0.3) is 0 Å². The SMILES string of the molecule is CCOC(=O)N(C)SC. The van der Waals surface area contributed by atoms with Crippen LogP contribution in [0.25, 0.3) is 0 Å². The summed E-state index contributed by atoms with van der Waals surface area (Å²) in [6, 6.07) is 0. The van der Waals surface area contributed by atoms with Crippen LogP contribution in [0, 0.1) is 0 Å². The highest BCUT2D eigenvalue weighted by molar-refractivity contribution is 7.96. The van der Waals surface area contributed by atoms with E-state index < -0.39 is 0 Å². The Morgan fingerprint density at radius 2 is 2.33 bits per heavy atom. The fraction of sp³-hybridized carbons (Fsp3) is 0.800. The molecule has 0 unspecified atom stereocenters. The van der Waals surface area contributed by atoms with Crippen LogP contribution in [-0.4, -0.2) is 30.3 Å². The van der Waals surface area contributed by atoms with E-state index in [4.69, 9.17) is 0 Å². The molecule has 1 amide bonds. The Labute approximate surface area is 59.5 Å². The molecule has 9 heavy (non-hydrogen) atoms. The molecule has 0 bridgehead atoms. The third kappa shape index (κ3) is 3.24. The zero-order chi connectivity index (χ0) is 7.28. The normalized spacial score (nSPS) is 8.78. The van der Waals surface area contributed by atoms with Crippen LogP contribution >= 0.6 is 11.9 Å². The highest BCUT2D eigenvalue weighted by Crippen LogP contribution is 2.01. The van der Waals surface area contributed by atoms with Gasteiger partial charge in [-0.15, -0.1) is 0 Å². The molecule has 0 aliphatic carbocycles. The lowest BCUT2D eigenvalue weighted by atomic mass is 10.9. The van der Waals surface area contributed by atoms with Crippen molar-refractivity contribution in [2.45, 2.75) is 6.92 Å². The second-order valence-electron chi connectivity index (χ2n) is 1.38.